The van der Waals surface area contributed by atoms with E-state index in [2.05, 4.69) is 46.3 Å². The zero-order valence-corrected chi connectivity index (χ0v) is 15.9. The predicted octanol–water partition coefficient (Wildman–Crippen LogP) is 5.32. The van der Waals surface area contributed by atoms with Crippen LogP contribution in [0, 0.1) is 6.92 Å². The summed E-state index contributed by atoms with van der Waals surface area (Å²) in [6, 6.07) is 16.9. The van der Waals surface area contributed by atoms with Gasteiger partial charge in [-0.05, 0) is 68.1 Å². The maximum Gasteiger partial charge on any atom is 0.225 e. The standard InChI is InChI=1S/C23H23N4O/c1-18-4-2-7-23(14-18)28-22-10-8-20(9-11-22)26(19-5-3-6-19)27-13-12-24-15-21(27)16-25-17-27/h2,4,7-17,19H,3,5-6H2,1H3/q+1. The molecule has 1 unspecified atom stereocenters. The van der Waals surface area contributed by atoms with Crippen LogP contribution in [0.4, 0.5) is 5.69 Å². The highest BCUT2D eigenvalue weighted by atomic mass is 16.5. The highest BCUT2D eigenvalue weighted by Crippen LogP contribution is 2.39. The van der Waals surface area contributed by atoms with Crippen LogP contribution in [-0.2, 0) is 0 Å². The summed E-state index contributed by atoms with van der Waals surface area (Å²) < 4.78 is 6.51. The van der Waals surface area contributed by atoms with Crippen LogP contribution in [0.2, 0.25) is 0 Å². The van der Waals surface area contributed by atoms with Crippen molar-refractivity contribution in [2.45, 2.75) is 32.2 Å². The molecular formula is C23H23N4O+. The van der Waals surface area contributed by atoms with Crippen LogP contribution in [-0.4, -0.2) is 23.2 Å². The fourth-order valence-corrected chi connectivity index (χ4v) is 3.92. The second-order valence-corrected chi connectivity index (χ2v) is 7.47. The summed E-state index contributed by atoms with van der Waals surface area (Å²) in [7, 11) is 0. The van der Waals surface area contributed by atoms with E-state index in [1.54, 1.807) is 0 Å². The summed E-state index contributed by atoms with van der Waals surface area (Å²) in [5.41, 5.74) is 3.40. The Morgan fingerprint density at radius 3 is 2.64 bits per heavy atom. The summed E-state index contributed by atoms with van der Waals surface area (Å²) in [6.45, 7) is 2.07. The van der Waals surface area contributed by atoms with Gasteiger partial charge in [-0.3, -0.25) is 4.99 Å². The molecule has 0 radical (unpaired) electrons. The van der Waals surface area contributed by atoms with Crippen molar-refractivity contribution in [1.29, 1.82) is 0 Å². The third-order valence-electron chi connectivity index (χ3n) is 5.55. The normalized spacial score (nSPS) is 22.5. The number of anilines is 1. The monoisotopic (exact) mass is 371 g/mol. The van der Waals surface area contributed by atoms with Gasteiger partial charge in [-0.25, -0.2) is 10.0 Å². The van der Waals surface area contributed by atoms with E-state index >= 15 is 0 Å². The van der Waals surface area contributed by atoms with Crippen LogP contribution >= 0.6 is 0 Å². The van der Waals surface area contributed by atoms with Gasteiger partial charge in [0.1, 0.15) is 11.5 Å². The SMILES string of the molecule is Cc1cccc(Oc2ccc(N(C3CCC3)[N+]34C=CN=CC3=CN=C4)cc2)c1. The van der Waals surface area contributed by atoms with Gasteiger partial charge >= 0.3 is 0 Å². The van der Waals surface area contributed by atoms with Gasteiger partial charge < -0.3 is 4.74 Å². The van der Waals surface area contributed by atoms with Crippen molar-refractivity contribution < 1.29 is 9.33 Å². The molecule has 1 saturated carbocycles. The van der Waals surface area contributed by atoms with E-state index in [1.807, 2.05) is 55.3 Å². The average molecular weight is 371 g/mol. The number of quaternary nitrogens is 1. The van der Waals surface area contributed by atoms with Crippen LogP contribution in [0.5, 0.6) is 11.5 Å². The van der Waals surface area contributed by atoms with Gasteiger partial charge in [-0.15, -0.1) is 4.59 Å². The average Bonchev–Trinajstić information content (AvgIpc) is 3.10. The molecule has 2 aliphatic heterocycles. The molecule has 0 spiro atoms. The minimum Gasteiger partial charge on any atom is -0.457 e. The number of hydrogen-bond donors (Lipinski definition) is 0. The Kier molecular flexibility index (Phi) is 4.10. The van der Waals surface area contributed by atoms with Gasteiger partial charge in [0.05, 0.1) is 30.3 Å². The number of fused-ring (bicyclic) bond motifs is 1. The van der Waals surface area contributed by atoms with Crippen LogP contribution < -0.4 is 9.75 Å². The fourth-order valence-electron chi connectivity index (χ4n) is 3.92. The molecule has 1 atom stereocenters. The van der Waals surface area contributed by atoms with Crippen LogP contribution in [0.15, 0.2) is 82.8 Å². The molecule has 140 valence electrons. The molecule has 5 heteroatoms. The van der Waals surface area contributed by atoms with Gasteiger partial charge in [0, 0.05) is 0 Å². The lowest BCUT2D eigenvalue weighted by Crippen LogP contribution is -2.61. The Labute approximate surface area is 165 Å². The van der Waals surface area contributed by atoms with Crippen molar-refractivity contribution in [2.24, 2.45) is 9.98 Å². The lowest BCUT2D eigenvalue weighted by molar-refractivity contribution is -0.746. The van der Waals surface area contributed by atoms with Gasteiger partial charge in [-0.2, -0.15) is 0 Å². The molecule has 3 aliphatic rings. The molecule has 0 saturated heterocycles. The van der Waals surface area contributed by atoms with Gasteiger partial charge in [0.2, 0.25) is 12.0 Å². The molecule has 0 amide bonds. The summed E-state index contributed by atoms with van der Waals surface area (Å²) in [6.07, 6.45) is 13.4. The van der Waals surface area contributed by atoms with Crippen LogP contribution in [0.3, 0.4) is 0 Å². The van der Waals surface area contributed by atoms with E-state index in [0.717, 1.165) is 22.9 Å². The first-order valence-corrected chi connectivity index (χ1v) is 9.73. The number of allylic oxidation sites excluding steroid dienone is 1. The number of aryl methyl sites for hydroxylation is 1. The van der Waals surface area contributed by atoms with Crippen molar-refractivity contribution in [3.63, 3.8) is 0 Å². The van der Waals surface area contributed by atoms with E-state index in [0.29, 0.717) is 10.6 Å². The van der Waals surface area contributed by atoms with Gasteiger partial charge in [0.25, 0.3) is 0 Å². The van der Waals surface area contributed by atoms with E-state index in [-0.39, 0.29) is 0 Å². The van der Waals surface area contributed by atoms with Crippen molar-refractivity contribution in [3.8, 4) is 11.5 Å². The zero-order valence-electron chi connectivity index (χ0n) is 15.9. The van der Waals surface area contributed by atoms with Crippen molar-refractivity contribution in [3.05, 3.63) is 78.4 Å². The van der Waals surface area contributed by atoms with Crippen molar-refractivity contribution in [2.75, 3.05) is 5.01 Å². The lowest BCUT2D eigenvalue weighted by Gasteiger charge is -2.46. The Morgan fingerprint density at radius 1 is 1.04 bits per heavy atom. The second kappa shape index (κ2) is 6.77. The molecule has 28 heavy (non-hydrogen) atoms. The Hall–Kier alpha value is -3.18. The minimum absolute atomic E-state index is 0.478. The highest BCUT2D eigenvalue weighted by molar-refractivity contribution is 5.82. The second-order valence-electron chi connectivity index (χ2n) is 7.47. The lowest BCUT2D eigenvalue weighted by atomic mass is 9.92. The molecule has 0 N–H and O–H groups in total. The summed E-state index contributed by atoms with van der Waals surface area (Å²) in [5, 5.41) is 2.43. The van der Waals surface area contributed by atoms with Crippen molar-refractivity contribution in [1.82, 2.24) is 0 Å². The zero-order chi connectivity index (χ0) is 19.0. The number of benzene rings is 2. The third-order valence-corrected chi connectivity index (χ3v) is 5.55. The molecule has 1 aliphatic carbocycles. The maximum absolute atomic E-state index is 6.03. The molecular weight excluding hydrogens is 348 g/mol. The van der Waals surface area contributed by atoms with E-state index in [9.17, 15) is 0 Å². The fraction of sp³-hybridized carbons (Fsp3) is 0.217. The molecule has 2 heterocycles. The van der Waals surface area contributed by atoms with Crippen LogP contribution in [0.1, 0.15) is 24.8 Å². The molecule has 0 aromatic heterocycles. The van der Waals surface area contributed by atoms with Crippen molar-refractivity contribution >= 4 is 18.2 Å². The Balaban J connectivity index is 1.46. The first-order chi connectivity index (χ1) is 13.7. The number of ether oxygens (including phenoxy) is 1. The summed E-state index contributed by atoms with van der Waals surface area (Å²) >= 11 is 0. The quantitative estimate of drug-likeness (QED) is 0.667. The summed E-state index contributed by atoms with van der Waals surface area (Å²) in [5.74, 6) is 1.70. The molecule has 2 aromatic carbocycles. The predicted molar refractivity (Wildman–Crippen MR) is 112 cm³/mol. The number of hydrogen-bond acceptors (Lipinski definition) is 4. The van der Waals surface area contributed by atoms with Gasteiger partial charge in [0.15, 0.2) is 6.20 Å². The first-order valence-electron chi connectivity index (χ1n) is 9.73. The van der Waals surface area contributed by atoms with E-state index in [1.165, 1.54) is 24.8 Å². The number of nitrogens with zero attached hydrogens (tertiary/aromatic N) is 4. The van der Waals surface area contributed by atoms with Crippen LogP contribution in [0.25, 0.3) is 0 Å². The Morgan fingerprint density at radius 2 is 1.89 bits per heavy atom. The highest BCUT2D eigenvalue weighted by Gasteiger charge is 2.46. The third kappa shape index (κ3) is 2.84. The topological polar surface area (TPSA) is 37.2 Å². The van der Waals surface area contributed by atoms with Gasteiger partial charge in [-0.1, -0.05) is 12.1 Å². The molecule has 1 fully saturated rings. The van der Waals surface area contributed by atoms with E-state index in [4.69, 9.17) is 4.74 Å². The molecule has 0 bridgehead atoms. The minimum atomic E-state index is 0.478. The Bertz CT molecular complexity index is 1000. The van der Waals surface area contributed by atoms with E-state index < -0.39 is 0 Å². The first kappa shape index (κ1) is 17.0. The molecule has 2 aromatic rings. The largest absolute Gasteiger partial charge is 0.457 e. The number of rotatable bonds is 5. The smallest absolute Gasteiger partial charge is 0.225 e. The molecule has 5 rings (SSSR count). The summed E-state index contributed by atoms with van der Waals surface area (Å²) in [4.78, 5) is 8.74. The maximum atomic E-state index is 6.03. The molecule has 5 nitrogen and oxygen atoms in total. The number of aliphatic imine (C=N–C) groups is 2.